The smallest absolute Gasteiger partial charge is 0.302 e. The molecule has 9 nitrogen and oxygen atoms in total. The number of nitrogens with zero attached hydrogens (tertiary/aromatic N) is 1. The van der Waals surface area contributed by atoms with Crippen LogP contribution in [0.1, 0.15) is 58.1 Å². The Hall–Kier alpha value is -2.21. The highest BCUT2D eigenvalue weighted by Crippen LogP contribution is 2.37. The summed E-state index contributed by atoms with van der Waals surface area (Å²) in [7, 11) is -2.37. The highest BCUT2D eigenvalue weighted by Gasteiger charge is 2.29. The Morgan fingerprint density at radius 1 is 1.16 bits per heavy atom. The van der Waals surface area contributed by atoms with E-state index in [0.717, 1.165) is 47.3 Å². The lowest BCUT2D eigenvalue weighted by Gasteiger charge is -2.28. The first kappa shape index (κ1) is 27.8. The van der Waals surface area contributed by atoms with E-state index in [1.54, 1.807) is 12.1 Å². The Labute approximate surface area is 223 Å². The van der Waals surface area contributed by atoms with Gasteiger partial charge in [-0.25, -0.2) is 18.1 Å². The van der Waals surface area contributed by atoms with E-state index in [1.165, 1.54) is 25.4 Å². The molecule has 11 heteroatoms. The number of sulfonamides is 1. The third-order valence-corrected chi connectivity index (χ3v) is 9.84. The number of esters is 1. The van der Waals surface area contributed by atoms with Crippen molar-refractivity contribution in [2.45, 2.75) is 82.4 Å². The molecule has 1 unspecified atom stereocenters. The first-order valence-electron chi connectivity index (χ1n) is 12.9. The molecule has 2 aliphatic rings. The Bertz CT molecular complexity index is 1180. The van der Waals surface area contributed by atoms with Crippen LogP contribution in [0.2, 0.25) is 0 Å². The van der Waals surface area contributed by atoms with Crippen LogP contribution in [0.25, 0.3) is 10.4 Å². The lowest BCUT2D eigenvalue weighted by Crippen LogP contribution is -2.39. The number of carbonyl (C=O) groups is 1. The van der Waals surface area contributed by atoms with E-state index in [2.05, 4.69) is 17.0 Å². The molecular weight excluding hydrogens is 514 g/mol. The number of thiazole rings is 1. The Kier molecular flexibility index (Phi) is 9.10. The maximum Gasteiger partial charge on any atom is 0.302 e. The largest absolute Gasteiger partial charge is 0.495 e. The maximum absolute atomic E-state index is 13.4. The minimum absolute atomic E-state index is 0.104. The van der Waals surface area contributed by atoms with Crippen LogP contribution in [0.4, 0.5) is 5.13 Å². The van der Waals surface area contributed by atoms with Gasteiger partial charge in [0.05, 0.1) is 17.7 Å². The lowest BCUT2D eigenvalue weighted by atomic mass is 9.93. The van der Waals surface area contributed by atoms with Gasteiger partial charge < -0.3 is 19.5 Å². The van der Waals surface area contributed by atoms with Crippen molar-refractivity contribution in [1.29, 1.82) is 0 Å². The van der Waals surface area contributed by atoms with Gasteiger partial charge in [-0.15, -0.1) is 0 Å². The zero-order valence-corrected chi connectivity index (χ0v) is 23.5. The lowest BCUT2D eigenvalue weighted by molar-refractivity contribution is -0.147. The summed E-state index contributed by atoms with van der Waals surface area (Å²) in [5, 5.41) is 4.37. The summed E-state index contributed by atoms with van der Waals surface area (Å²) in [5.74, 6) is 0.521. The highest BCUT2D eigenvalue weighted by molar-refractivity contribution is 7.89. The molecule has 1 aromatic carbocycles. The number of aromatic nitrogens is 1. The van der Waals surface area contributed by atoms with Crippen molar-refractivity contribution >= 4 is 32.5 Å². The van der Waals surface area contributed by atoms with Gasteiger partial charge in [0.1, 0.15) is 16.7 Å². The van der Waals surface area contributed by atoms with Crippen molar-refractivity contribution in [3.05, 3.63) is 23.9 Å². The quantitative estimate of drug-likeness (QED) is 0.438. The number of ether oxygens (including phenoxy) is 3. The second-order valence-electron chi connectivity index (χ2n) is 9.89. The van der Waals surface area contributed by atoms with Gasteiger partial charge in [0, 0.05) is 32.2 Å². The van der Waals surface area contributed by atoms with Gasteiger partial charge in [0.15, 0.2) is 5.13 Å². The van der Waals surface area contributed by atoms with Crippen molar-refractivity contribution in [1.82, 2.24) is 9.71 Å². The van der Waals surface area contributed by atoms with Gasteiger partial charge in [-0.3, -0.25) is 4.79 Å². The molecule has 1 aliphatic heterocycles. The third-order valence-electron chi connectivity index (χ3n) is 7.16. The number of nitrogens with one attached hydrogen (secondary N) is 2. The topological polar surface area (TPSA) is 116 Å². The van der Waals surface area contributed by atoms with Gasteiger partial charge in [-0.05, 0) is 82.1 Å². The van der Waals surface area contributed by atoms with Crippen molar-refractivity contribution in [3.8, 4) is 16.2 Å². The molecule has 0 amide bonds. The summed E-state index contributed by atoms with van der Waals surface area (Å²) in [6, 6.07) is 5.27. The molecule has 1 saturated carbocycles. The Morgan fingerprint density at radius 2 is 1.86 bits per heavy atom. The molecule has 2 fully saturated rings. The predicted octanol–water partition coefficient (Wildman–Crippen LogP) is 4.51. The fourth-order valence-corrected chi connectivity index (χ4v) is 7.66. The number of carbonyl (C=O) groups excluding carboxylic acids is 1. The molecule has 1 saturated heterocycles. The molecule has 4 rings (SSSR count). The summed E-state index contributed by atoms with van der Waals surface area (Å²) in [4.78, 5) is 17.0. The van der Waals surface area contributed by atoms with Crippen molar-refractivity contribution < 1.29 is 27.4 Å². The number of aryl methyl sites for hydroxylation is 1. The molecule has 2 heterocycles. The van der Waals surface area contributed by atoms with Crippen molar-refractivity contribution in [3.63, 3.8) is 0 Å². The number of hydrogen-bond donors (Lipinski definition) is 2. The standard InChI is InChI=1S/C26H37N3O6S2/c1-16(19-11-13-34-14-12-19)27-26-28-17(2)25(36-26)20-5-10-23(33-4)24(15-20)37(31,32)29-21-6-8-22(9-7-21)35-18(3)30/h5,10,15-16,19,21-22,29H,6-9,11-14H2,1-4H3,(H,27,28). The van der Waals surface area contributed by atoms with E-state index in [9.17, 15) is 13.2 Å². The van der Waals surface area contributed by atoms with Gasteiger partial charge in [0.2, 0.25) is 10.0 Å². The summed E-state index contributed by atoms with van der Waals surface area (Å²) in [5.41, 5.74) is 1.62. The van der Waals surface area contributed by atoms with Crippen molar-refractivity contribution in [2.75, 3.05) is 25.6 Å². The summed E-state index contributed by atoms with van der Waals surface area (Å²) in [6.07, 6.45) is 4.38. The molecule has 37 heavy (non-hydrogen) atoms. The highest BCUT2D eigenvalue weighted by atomic mass is 32.2. The number of hydrogen-bond acceptors (Lipinski definition) is 9. The number of anilines is 1. The van der Waals surface area contributed by atoms with E-state index in [1.807, 2.05) is 13.0 Å². The molecule has 1 atom stereocenters. The Balaban J connectivity index is 1.50. The molecule has 2 N–H and O–H groups in total. The molecular formula is C26H37N3O6S2. The van der Waals surface area contributed by atoms with Crippen molar-refractivity contribution in [2.24, 2.45) is 5.92 Å². The van der Waals surface area contributed by atoms with E-state index < -0.39 is 10.0 Å². The van der Waals surface area contributed by atoms with Crippen LogP contribution >= 0.6 is 11.3 Å². The SMILES string of the molecule is COc1ccc(-c2sc(NC(C)C3CCOCC3)nc2C)cc1S(=O)(=O)NC1CCC(OC(C)=O)CC1. The molecule has 0 bridgehead atoms. The average Bonchev–Trinajstić information content (AvgIpc) is 3.24. The maximum atomic E-state index is 13.4. The van der Waals surface area contributed by atoms with E-state index >= 15 is 0 Å². The van der Waals surface area contributed by atoms with Crippen LogP contribution in [0.3, 0.4) is 0 Å². The van der Waals surface area contributed by atoms with Crippen LogP contribution in [0.5, 0.6) is 5.75 Å². The summed E-state index contributed by atoms with van der Waals surface area (Å²) < 4.78 is 45.9. The summed E-state index contributed by atoms with van der Waals surface area (Å²) in [6.45, 7) is 7.10. The van der Waals surface area contributed by atoms with E-state index in [-0.39, 0.29) is 29.1 Å². The second-order valence-corrected chi connectivity index (χ2v) is 12.6. The normalized spacial score (nSPS) is 21.8. The predicted molar refractivity (Wildman–Crippen MR) is 144 cm³/mol. The number of methoxy groups -OCH3 is 1. The fraction of sp³-hybridized carbons (Fsp3) is 0.615. The number of rotatable bonds is 9. The van der Waals surface area contributed by atoms with Gasteiger partial charge >= 0.3 is 5.97 Å². The van der Waals surface area contributed by atoms with Crippen LogP contribution in [-0.4, -0.2) is 57.9 Å². The number of benzene rings is 1. The third kappa shape index (κ3) is 7.01. The zero-order valence-electron chi connectivity index (χ0n) is 21.9. The van der Waals surface area contributed by atoms with E-state index in [4.69, 9.17) is 19.2 Å². The Morgan fingerprint density at radius 3 is 2.51 bits per heavy atom. The minimum Gasteiger partial charge on any atom is -0.495 e. The van der Waals surface area contributed by atoms with Crippen LogP contribution in [-0.2, 0) is 24.3 Å². The first-order valence-corrected chi connectivity index (χ1v) is 15.2. The van der Waals surface area contributed by atoms with Crippen LogP contribution < -0.4 is 14.8 Å². The van der Waals surface area contributed by atoms with E-state index in [0.29, 0.717) is 37.4 Å². The van der Waals surface area contributed by atoms with Crippen LogP contribution in [0.15, 0.2) is 23.1 Å². The minimum atomic E-state index is -3.84. The zero-order chi connectivity index (χ0) is 26.6. The summed E-state index contributed by atoms with van der Waals surface area (Å²) >= 11 is 1.53. The van der Waals surface area contributed by atoms with Gasteiger partial charge in [0.25, 0.3) is 0 Å². The second kappa shape index (κ2) is 12.1. The molecule has 0 radical (unpaired) electrons. The van der Waals surface area contributed by atoms with Gasteiger partial charge in [-0.2, -0.15) is 0 Å². The molecule has 204 valence electrons. The average molecular weight is 552 g/mol. The first-order chi connectivity index (χ1) is 17.7. The molecule has 0 spiro atoms. The van der Waals surface area contributed by atoms with Crippen LogP contribution in [0, 0.1) is 12.8 Å². The fourth-order valence-electron chi connectivity index (χ4n) is 5.10. The van der Waals surface area contributed by atoms with Gasteiger partial charge in [-0.1, -0.05) is 11.3 Å². The molecule has 2 aromatic rings. The molecule has 1 aliphatic carbocycles. The molecule has 1 aromatic heterocycles. The monoisotopic (exact) mass is 551 g/mol.